The lowest BCUT2D eigenvalue weighted by atomic mass is 9.88. The molecule has 0 spiro atoms. The molecule has 17 heavy (non-hydrogen) atoms. The lowest BCUT2D eigenvalue weighted by molar-refractivity contribution is 0.0933. The summed E-state index contributed by atoms with van der Waals surface area (Å²) >= 11 is 5.66. The standard InChI is InChI=1S/C12H19ClN2O2/c1-9-10(7-15-17-9)11(16)14-8-12(2,3)5-4-6-13/h7H,4-6,8H2,1-3H3,(H,14,16). The minimum atomic E-state index is -0.136. The average Bonchev–Trinajstić information content (AvgIpc) is 2.70. The predicted molar refractivity (Wildman–Crippen MR) is 67.3 cm³/mol. The van der Waals surface area contributed by atoms with E-state index in [0.717, 1.165) is 12.8 Å². The smallest absolute Gasteiger partial charge is 0.256 e. The van der Waals surface area contributed by atoms with Gasteiger partial charge in [0.05, 0.1) is 6.20 Å². The van der Waals surface area contributed by atoms with E-state index in [4.69, 9.17) is 16.1 Å². The number of carbonyl (C=O) groups is 1. The van der Waals surface area contributed by atoms with Crippen LogP contribution in [0, 0.1) is 12.3 Å². The lowest BCUT2D eigenvalue weighted by Crippen LogP contribution is -2.34. The second kappa shape index (κ2) is 6.05. The summed E-state index contributed by atoms with van der Waals surface area (Å²) in [5.74, 6) is 1.06. The van der Waals surface area contributed by atoms with Gasteiger partial charge in [-0.25, -0.2) is 0 Å². The number of rotatable bonds is 6. The van der Waals surface area contributed by atoms with Crippen molar-refractivity contribution in [2.24, 2.45) is 5.41 Å². The maximum absolute atomic E-state index is 11.8. The molecule has 1 heterocycles. The molecule has 1 N–H and O–H groups in total. The highest BCUT2D eigenvalue weighted by molar-refractivity contribution is 6.17. The number of hydrogen-bond donors (Lipinski definition) is 1. The van der Waals surface area contributed by atoms with Gasteiger partial charge in [0.1, 0.15) is 11.3 Å². The van der Waals surface area contributed by atoms with Gasteiger partial charge in [-0.15, -0.1) is 11.6 Å². The van der Waals surface area contributed by atoms with E-state index in [1.54, 1.807) is 6.92 Å². The summed E-state index contributed by atoms with van der Waals surface area (Å²) in [5.41, 5.74) is 0.549. The van der Waals surface area contributed by atoms with Crippen LogP contribution in [0.5, 0.6) is 0 Å². The fourth-order valence-electron chi connectivity index (χ4n) is 1.57. The van der Waals surface area contributed by atoms with Crippen molar-refractivity contribution >= 4 is 17.5 Å². The van der Waals surface area contributed by atoms with E-state index in [2.05, 4.69) is 24.3 Å². The monoisotopic (exact) mass is 258 g/mol. The first-order chi connectivity index (χ1) is 7.96. The second-order valence-electron chi connectivity index (χ2n) is 4.94. The second-order valence-corrected chi connectivity index (χ2v) is 5.31. The summed E-state index contributed by atoms with van der Waals surface area (Å²) in [6.45, 7) is 6.56. The molecule has 0 aromatic carbocycles. The van der Waals surface area contributed by atoms with Crippen LogP contribution in [0.3, 0.4) is 0 Å². The normalized spacial score (nSPS) is 11.5. The largest absolute Gasteiger partial charge is 0.361 e. The van der Waals surface area contributed by atoms with Gasteiger partial charge < -0.3 is 9.84 Å². The Bertz CT molecular complexity index is 374. The summed E-state index contributed by atoms with van der Waals surface area (Å²) in [7, 11) is 0. The number of aromatic nitrogens is 1. The molecule has 5 heteroatoms. The van der Waals surface area contributed by atoms with Gasteiger partial charge in [-0.2, -0.15) is 0 Å². The Kier molecular flexibility index (Phi) is 5.00. The molecule has 1 rings (SSSR count). The third-order valence-corrected chi connectivity index (χ3v) is 2.98. The summed E-state index contributed by atoms with van der Waals surface area (Å²) in [6.07, 6.45) is 3.38. The molecule has 0 fully saturated rings. The van der Waals surface area contributed by atoms with E-state index in [-0.39, 0.29) is 11.3 Å². The molecule has 0 saturated carbocycles. The quantitative estimate of drug-likeness (QED) is 0.799. The van der Waals surface area contributed by atoms with Crippen LogP contribution in [0.15, 0.2) is 10.7 Å². The lowest BCUT2D eigenvalue weighted by Gasteiger charge is -2.24. The molecule has 96 valence electrons. The number of carbonyl (C=O) groups excluding carboxylic acids is 1. The van der Waals surface area contributed by atoms with Gasteiger partial charge in [-0.3, -0.25) is 4.79 Å². The Morgan fingerprint density at radius 2 is 2.29 bits per heavy atom. The Balaban J connectivity index is 2.45. The van der Waals surface area contributed by atoms with Crippen molar-refractivity contribution in [3.05, 3.63) is 17.5 Å². The van der Waals surface area contributed by atoms with Crippen LogP contribution < -0.4 is 5.32 Å². The van der Waals surface area contributed by atoms with Crippen LogP contribution in [-0.4, -0.2) is 23.5 Å². The fraction of sp³-hybridized carbons (Fsp3) is 0.667. The van der Waals surface area contributed by atoms with Crippen molar-refractivity contribution in [1.29, 1.82) is 0 Å². The molecule has 0 bridgehead atoms. The van der Waals surface area contributed by atoms with Crippen molar-refractivity contribution in [2.75, 3.05) is 12.4 Å². The van der Waals surface area contributed by atoms with Crippen molar-refractivity contribution in [1.82, 2.24) is 10.5 Å². The molecule has 1 amide bonds. The van der Waals surface area contributed by atoms with Gasteiger partial charge in [0.2, 0.25) is 0 Å². The molecule has 4 nitrogen and oxygen atoms in total. The summed E-state index contributed by atoms with van der Waals surface area (Å²) < 4.78 is 4.85. The van der Waals surface area contributed by atoms with E-state index < -0.39 is 0 Å². The van der Waals surface area contributed by atoms with Crippen LogP contribution in [-0.2, 0) is 0 Å². The average molecular weight is 259 g/mol. The number of nitrogens with zero attached hydrogens (tertiary/aromatic N) is 1. The SMILES string of the molecule is Cc1oncc1C(=O)NCC(C)(C)CCCCl. The Morgan fingerprint density at radius 1 is 1.59 bits per heavy atom. The number of amides is 1. The number of aryl methyl sites for hydroxylation is 1. The molecule has 1 aromatic rings. The van der Waals surface area contributed by atoms with Crippen molar-refractivity contribution < 1.29 is 9.32 Å². The Hall–Kier alpha value is -1.03. The van der Waals surface area contributed by atoms with E-state index in [0.29, 0.717) is 23.7 Å². The van der Waals surface area contributed by atoms with Crippen LogP contribution in [0.1, 0.15) is 42.8 Å². The van der Waals surface area contributed by atoms with Crippen molar-refractivity contribution in [2.45, 2.75) is 33.6 Å². The molecule has 0 aliphatic heterocycles. The zero-order valence-electron chi connectivity index (χ0n) is 10.5. The minimum Gasteiger partial charge on any atom is -0.361 e. The highest BCUT2D eigenvalue weighted by atomic mass is 35.5. The molecule has 1 aromatic heterocycles. The molecule has 0 radical (unpaired) electrons. The summed E-state index contributed by atoms with van der Waals surface area (Å²) in [5, 5.41) is 6.48. The van der Waals surface area contributed by atoms with Gasteiger partial charge in [0.25, 0.3) is 5.91 Å². The van der Waals surface area contributed by atoms with Gasteiger partial charge in [0.15, 0.2) is 0 Å². The zero-order valence-corrected chi connectivity index (χ0v) is 11.3. The first kappa shape index (κ1) is 14.0. The summed E-state index contributed by atoms with van der Waals surface area (Å²) in [4.78, 5) is 11.8. The highest BCUT2D eigenvalue weighted by Crippen LogP contribution is 2.21. The van der Waals surface area contributed by atoms with Crippen LogP contribution in [0.25, 0.3) is 0 Å². The van der Waals surface area contributed by atoms with E-state index in [1.165, 1.54) is 6.20 Å². The molecular weight excluding hydrogens is 240 g/mol. The maximum atomic E-state index is 11.8. The Morgan fingerprint density at radius 3 is 2.82 bits per heavy atom. The van der Waals surface area contributed by atoms with Crippen LogP contribution in [0.2, 0.25) is 0 Å². The molecule has 0 atom stereocenters. The van der Waals surface area contributed by atoms with Gasteiger partial charge in [0, 0.05) is 12.4 Å². The fourth-order valence-corrected chi connectivity index (χ4v) is 1.70. The number of hydrogen-bond acceptors (Lipinski definition) is 3. The van der Waals surface area contributed by atoms with E-state index in [9.17, 15) is 4.79 Å². The molecule has 0 aliphatic carbocycles. The number of halogens is 1. The molecular formula is C12H19ClN2O2. The first-order valence-corrected chi connectivity index (χ1v) is 6.25. The van der Waals surface area contributed by atoms with Crippen molar-refractivity contribution in [3.63, 3.8) is 0 Å². The number of nitrogens with one attached hydrogen (secondary N) is 1. The summed E-state index contributed by atoms with van der Waals surface area (Å²) in [6, 6.07) is 0. The highest BCUT2D eigenvalue weighted by Gasteiger charge is 2.20. The minimum absolute atomic E-state index is 0.0512. The van der Waals surface area contributed by atoms with Crippen LogP contribution in [0.4, 0.5) is 0 Å². The van der Waals surface area contributed by atoms with Crippen LogP contribution >= 0.6 is 11.6 Å². The third-order valence-electron chi connectivity index (χ3n) is 2.71. The van der Waals surface area contributed by atoms with Gasteiger partial charge in [-0.05, 0) is 25.2 Å². The predicted octanol–water partition coefficient (Wildman–Crippen LogP) is 2.76. The zero-order chi connectivity index (χ0) is 12.9. The number of alkyl halides is 1. The maximum Gasteiger partial charge on any atom is 0.256 e. The molecule has 0 aliphatic rings. The van der Waals surface area contributed by atoms with Crippen molar-refractivity contribution in [3.8, 4) is 0 Å². The van der Waals surface area contributed by atoms with E-state index >= 15 is 0 Å². The molecule has 0 saturated heterocycles. The molecule has 0 unspecified atom stereocenters. The first-order valence-electron chi connectivity index (χ1n) is 5.72. The third kappa shape index (κ3) is 4.38. The topological polar surface area (TPSA) is 55.1 Å². The van der Waals surface area contributed by atoms with E-state index in [1.807, 2.05) is 0 Å². The van der Waals surface area contributed by atoms with Gasteiger partial charge in [-0.1, -0.05) is 19.0 Å². The Labute approximate surface area is 107 Å². The van der Waals surface area contributed by atoms with Gasteiger partial charge >= 0.3 is 0 Å².